The Morgan fingerprint density at radius 1 is 1.06 bits per heavy atom. The molecular weight excluding hydrogens is 220 g/mol. The van der Waals surface area contributed by atoms with Crippen molar-refractivity contribution in [3.63, 3.8) is 0 Å². The van der Waals surface area contributed by atoms with Gasteiger partial charge in [-0.15, -0.1) is 0 Å². The van der Waals surface area contributed by atoms with E-state index in [1.165, 1.54) is 84.0 Å². The van der Waals surface area contributed by atoms with Crippen molar-refractivity contribution in [1.82, 2.24) is 10.2 Å². The Morgan fingerprint density at radius 3 is 2.44 bits per heavy atom. The number of hydrogen-bond donors (Lipinski definition) is 1. The second-order valence-electron chi connectivity index (χ2n) is 6.36. The zero-order valence-corrected chi connectivity index (χ0v) is 12.3. The van der Waals surface area contributed by atoms with Crippen LogP contribution in [0.1, 0.15) is 64.7 Å². The summed E-state index contributed by atoms with van der Waals surface area (Å²) in [7, 11) is 0. The normalized spacial score (nSPS) is 23.8. The molecule has 106 valence electrons. The number of nitrogens with zero attached hydrogens (tertiary/aromatic N) is 1. The number of nitrogens with one attached hydrogen (secondary N) is 1. The minimum atomic E-state index is 0.847. The van der Waals surface area contributed by atoms with Gasteiger partial charge in [0.1, 0.15) is 0 Å². The molecule has 0 aromatic heterocycles. The van der Waals surface area contributed by atoms with Crippen molar-refractivity contribution < 1.29 is 0 Å². The van der Waals surface area contributed by atoms with Gasteiger partial charge in [-0.1, -0.05) is 32.6 Å². The van der Waals surface area contributed by atoms with E-state index in [1.807, 2.05) is 0 Å². The first-order valence-electron chi connectivity index (χ1n) is 8.34. The maximum Gasteiger partial charge on any atom is 0.00670 e. The molecule has 0 amide bonds. The molecule has 2 nitrogen and oxygen atoms in total. The maximum atomic E-state index is 3.72. The Labute approximate surface area is 114 Å². The van der Waals surface area contributed by atoms with Crippen molar-refractivity contribution in [2.24, 2.45) is 5.92 Å². The minimum absolute atomic E-state index is 0.847. The Bertz CT molecular complexity index is 203. The van der Waals surface area contributed by atoms with E-state index in [1.54, 1.807) is 0 Å². The molecule has 1 heterocycles. The van der Waals surface area contributed by atoms with E-state index < -0.39 is 0 Å². The second kappa shape index (κ2) is 8.16. The van der Waals surface area contributed by atoms with Crippen LogP contribution >= 0.6 is 0 Å². The van der Waals surface area contributed by atoms with E-state index in [0.717, 1.165) is 12.0 Å². The first-order valence-corrected chi connectivity index (χ1v) is 8.34. The van der Waals surface area contributed by atoms with Crippen LogP contribution in [0.4, 0.5) is 0 Å². The molecule has 0 aromatic rings. The first-order chi connectivity index (χ1) is 8.88. The van der Waals surface area contributed by atoms with E-state index in [4.69, 9.17) is 0 Å². The fourth-order valence-electron chi connectivity index (χ4n) is 3.65. The topological polar surface area (TPSA) is 15.3 Å². The lowest BCUT2D eigenvalue weighted by Crippen LogP contribution is -2.36. The average Bonchev–Trinajstić information content (AvgIpc) is 2.90. The summed E-state index contributed by atoms with van der Waals surface area (Å²) in [5.41, 5.74) is 0. The Balaban J connectivity index is 1.47. The van der Waals surface area contributed by atoms with Crippen molar-refractivity contribution in [3.8, 4) is 0 Å². The van der Waals surface area contributed by atoms with Gasteiger partial charge in [0.2, 0.25) is 0 Å². The van der Waals surface area contributed by atoms with Gasteiger partial charge >= 0.3 is 0 Å². The molecular formula is C16H32N2. The lowest BCUT2D eigenvalue weighted by atomic mass is 9.92. The van der Waals surface area contributed by atoms with Gasteiger partial charge in [-0.25, -0.2) is 0 Å². The summed E-state index contributed by atoms with van der Waals surface area (Å²) in [4.78, 5) is 2.68. The van der Waals surface area contributed by atoms with Crippen LogP contribution in [0.3, 0.4) is 0 Å². The van der Waals surface area contributed by atoms with Crippen LogP contribution in [0.2, 0.25) is 0 Å². The van der Waals surface area contributed by atoms with Gasteiger partial charge in [-0.05, 0) is 64.2 Å². The highest BCUT2D eigenvalue weighted by Gasteiger charge is 2.18. The summed E-state index contributed by atoms with van der Waals surface area (Å²) in [6, 6.07) is 0.847. The summed E-state index contributed by atoms with van der Waals surface area (Å²) in [5, 5.41) is 3.72. The molecule has 0 bridgehead atoms. The van der Waals surface area contributed by atoms with E-state index >= 15 is 0 Å². The molecule has 0 aromatic carbocycles. The third-order valence-electron chi connectivity index (χ3n) is 4.84. The van der Waals surface area contributed by atoms with Crippen molar-refractivity contribution in [2.45, 2.75) is 70.8 Å². The minimum Gasteiger partial charge on any atom is -0.314 e. The van der Waals surface area contributed by atoms with Gasteiger partial charge in [0.25, 0.3) is 0 Å². The molecule has 1 N–H and O–H groups in total. The van der Waals surface area contributed by atoms with E-state index in [-0.39, 0.29) is 0 Å². The lowest BCUT2D eigenvalue weighted by molar-refractivity contribution is 0.176. The smallest absolute Gasteiger partial charge is 0.00670 e. The van der Waals surface area contributed by atoms with E-state index in [9.17, 15) is 0 Å². The van der Waals surface area contributed by atoms with Crippen LogP contribution in [-0.2, 0) is 0 Å². The lowest BCUT2D eigenvalue weighted by Gasteiger charge is -2.31. The quantitative estimate of drug-likeness (QED) is 0.698. The molecule has 2 rings (SSSR count). The predicted molar refractivity (Wildman–Crippen MR) is 78.9 cm³/mol. The number of piperidine rings is 1. The first kappa shape index (κ1) is 14.3. The largest absolute Gasteiger partial charge is 0.314 e. The standard InChI is InChI=1S/C16H32N2/c1-2-6-15-9-13-18(14-10-15)12-5-11-17-16-7-3-4-8-16/h15-17H,2-14H2,1H3. The predicted octanol–water partition coefficient (Wildman–Crippen LogP) is 3.42. The van der Waals surface area contributed by atoms with E-state index in [0.29, 0.717) is 0 Å². The van der Waals surface area contributed by atoms with Crippen molar-refractivity contribution in [1.29, 1.82) is 0 Å². The molecule has 2 heteroatoms. The Hall–Kier alpha value is -0.0800. The Morgan fingerprint density at radius 2 is 1.78 bits per heavy atom. The molecule has 0 spiro atoms. The molecule has 1 aliphatic heterocycles. The van der Waals surface area contributed by atoms with Crippen molar-refractivity contribution in [3.05, 3.63) is 0 Å². The molecule has 1 saturated heterocycles. The third kappa shape index (κ3) is 4.89. The van der Waals surface area contributed by atoms with Crippen LogP contribution in [0.25, 0.3) is 0 Å². The number of likely N-dealkylation sites (tertiary alicyclic amines) is 1. The molecule has 2 fully saturated rings. The summed E-state index contributed by atoms with van der Waals surface area (Å²) >= 11 is 0. The van der Waals surface area contributed by atoms with Gasteiger partial charge < -0.3 is 10.2 Å². The zero-order chi connectivity index (χ0) is 12.6. The molecule has 0 unspecified atom stereocenters. The second-order valence-corrected chi connectivity index (χ2v) is 6.36. The number of rotatable bonds is 7. The summed E-state index contributed by atoms with van der Waals surface area (Å²) in [6.07, 6.45) is 12.8. The number of hydrogen-bond acceptors (Lipinski definition) is 2. The highest BCUT2D eigenvalue weighted by atomic mass is 15.1. The fraction of sp³-hybridized carbons (Fsp3) is 1.00. The summed E-state index contributed by atoms with van der Waals surface area (Å²) < 4.78 is 0. The summed E-state index contributed by atoms with van der Waals surface area (Å²) in [5.74, 6) is 1.03. The van der Waals surface area contributed by atoms with Crippen LogP contribution in [0.5, 0.6) is 0 Å². The summed E-state index contributed by atoms with van der Waals surface area (Å²) in [6.45, 7) is 7.58. The molecule has 0 atom stereocenters. The zero-order valence-electron chi connectivity index (χ0n) is 12.3. The maximum absolute atomic E-state index is 3.72. The SMILES string of the molecule is CCCC1CCN(CCCNC2CCCC2)CC1. The third-order valence-corrected chi connectivity index (χ3v) is 4.84. The van der Waals surface area contributed by atoms with Crippen LogP contribution < -0.4 is 5.32 Å². The van der Waals surface area contributed by atoms with Crippen LogP contribution in [-0.4, -0.2) is 37.1 Å². The van der Waals surface area contributed by atoms with Gasteiger partial charge in [0.15, 0.2) is 0 Å². The molecule has 2 aliphatic rings. The van der Waals surface area contributed by atoms with Gasteiger partial charge in [0.05, 0.1) is 0 Å². The van der Waals surface area contributed by atoms with Gasteiger partial charge in [-0.3, -0.25) is 0 Å². The van der Waals surface area contributed by atoms with Crippen LogP contribution in [0, 0.1) is 5.92 Å². The fourth-order valence-corrected chi connectivity index (χ4v) is 3.65. The highest BCUT2D eigenvalue weighted by molar-refractivity contribution is 4.75. The van der Waals surface area contributed by atoms with Gasteiger partial charge in [-0.2, -0.15) is 0 Å². The van der Waals surface area contributed by atoms with Crippen LogP contribution in [0.15, 0.2) is 0 Å². The monoisotopic (exact) mass is 252 g/mol. The highest BCUT2D eigenvalue weighted by Crippen LogP contribution is 2.21. The average molecular weight is 252 g/mol. The molecule has 18 heavy (non-hydrogen) atoms. The molecule has 1 aliphatic carbocycles. The molecule has 1 saturated carbocycles. The van der Waals surface area contributed by atoms with Crippen molar-refractivity contribution >= 4 is 0 Å². The van der Waals surface area contributed by atoms with Crippen molar-refractivity contribution in [2.75, 3.05) is 26.2 Å². The molecule has 0 radical (unpaired) electrons. The van der Waals surface area contributed by atoms with E-state index in [2.05, 4.69) is 17.1 Å². The van der Waals surface area contributed by atoms with Gasteiger partial charge in [0, 0.05) is 6.04 Å². The Kier molecular flexibility index (Phi) is 6.50.